The summed E-state index contributed by atoms with van der Waals surface area (Å²) in [5.74, 6) is -0.418. The number of benzene rings is 2. The largest absolute Gasteiger partial charge is 0.503 e. The minimum Gasteiger partial charge on any atom is -0.503 e. The normalized spacial score (nSPS) is 11.1. The third-order valence-corrected chi connectivity index (χ3v) is 4.96. The molecule has 33 heavy (non-hydrogen) atoms. The number of nitrogen functional groups attached to an aromatic ring is 1. The molecular weight excluding hydrogens is 496 g/mol. The van der Waals surface area contributed by atoms with Crippen LogP contribution in [0.4, 0.5) is 5.82 Å². The molecule has 0 atom stereocenters. The molecule has 0 aliphatic rings. The van der Waals surface area contributed by atoms with Crippen LogP contribution in [-0.4, -0.2) is 49.1 Å². The highest BCUT2D eigenvalue weighted by Gasteiger charge is 2.25. The summed E-state index contributed by atoms with van der Waals surface area (Å²) in [7, 11) is 0. The van der Waals surface area contributed by atoms with E-state index >= 15 is 0 Å². The van der Waals surface area contributed by atoms with E-state index in [1.165, 1.54) is 6.21 Å². The van der Waals surface area contributed by atoms with Crippen LogP contribution >= 0.6 is 15.9 Å². The molecule has 0 spiro atoms. The van der Waals surface area contributed by atoms with Crippen molar-refractivity contribution >= 4 is 33.9 Å². The summed E-state index contributed by atoms with van der Waals surface area (Å²) in [4.78, 5) is 13.1. The lowest BCUT2D eigenvalue weighted by atomic mass is 10.1. The second-order valence-electron chi connectivity index (χ2n) is 6.52. The Kier molecular flexibility index (Phi) is 6.31. The van der Waals surface area contributed by atoms with Crippen LogP contribution < -0.4 is 15.9 Å². The monoisotopic (exact) mass is 512 g/mol. The van der Waals surface area contributed by atoms with Crippen LogP contribution in [-0.2, 0) is 0 Å². The van der Waals surface area contributed by atoms with Gasteiger partial charge in [-0.3, -0.25) is 4.79 Å². The summed E-state index contributed by atoms with van der Waals surface area (Å²) in [5, 5.41) is 29.4. The Hall–Kier alpha value is -4.26. The Labute approximate surface area is 195 Å². The van der Waals surface area contributed by atoms with Crippen LogP contribution in [0.1, 0.15) is 23.0 Å². The molecule has 2 aromatic carbocycles. The summed E-state index contributed by atoms with van der Waals surface area (Å²) in [6.07, 6.45) is 1.40. The fourth-order valence-corrected chi connectivity index (χ4v) is 3.37. The van der Waals surface area contributed by atoms with Gasteiger partial charge >= 0.3 is 0 Å². The molecule has 0 radical (unpaired) electrons. The lowest BCUT2D eigenvalue weighted by Crippen LogP contribution is -2.22. The number of hydrogen-bond donors (Lipinski definition) is 3. The molecule has 4 rings (SSSR count). The van der Waals surface area contributed by atoms with Gasteiger partial charge < -0.3 is 15.6 Å². The number of ether oxygens (including phenoxy) is 1. The number of phenolic OH excluding ortho intramolecular Hbond substituents is 1. The standard InChI is InChI=1S/C20H17BrN8O4/c1-2-32-14-9-11(8-13(21)17(14)30)10-23-25-20(31)16-15(12-6-4-3-5-7-12)24-28-29(16)19-18(22)26-33-27-19/h3-10,30H,2H2,1H3,(H2,22,26)(H,25,31)/b23-10-. The van der Waals surface area contributed by atoms with Crippen LogP contribution in [0.25, 0.3) is 17.1 Å². The molecule has 12 nitrogen and oxygen atoms in total. The third-order valence-electron chi connectivity index (χ3n) is 4.36. The van der Waals surface area contributed by atoms with E-state index in [4.69, 9.17) is 10.5 Å². The van der Waals surface area contributed by atoms with Crippen LogP contribution in [0.3, 0.4) is 0 Å². The number of nitrogens with two attached hydrogens (primary N) is 1. The molecule has 4 N–H and O–H groups in total. The lowest BCUT2D eigenvalue weighted by molar-refractivity contribution is 0.0948. The molecule has 0 fully saturated rings. The van der Waals surface area contributed by atoms with Crippen LogP contribution in [0.15, 0.2) is 56.7 Å². The zero-order chi connectivity index (χ0) is 23.4. The second kappa shape index (κ2) is 9.48. The lowest BCUT2D eigenvalue weighted by Gasteiger charge is -2.08. The zero-order valence-corrected chi connectivity index (χ0v) is 18.7. The van der Waals surface area contributed by atoms with E-state index in [1.54, 1.807) is 43.3 Å². The predicted octanol–water partition coefficient (Wildman–Crippen LogP) is 2.53. The van der Waals surface area contributed by atoms with Gasteiger partial charge in [-0.05, 0) is 50.9 Å². The number of nitrogens with one attached hydrogen (secondary N) is 1. The summed E-state index contributed by atoms with van der Waals surface area (Å²) in [6, 6.07) is 12.2. The first-order chi connectivity index (χ1) is 16.0. The number of hydrogen-bond acceptors (Lipinski definition) is 10. The Morgan fingerprint density at radius 1 is 1.33 bits per heavy atom. The number of hydrazone groups is 1. The van der Waals surface area contributed by atoms with Crippen molar-refractivity contribution in [3.8, 4) is 28.6 Å². The highest BCUT2D eigenvalue weighted by molar-refractivity contribution is 9.10. The summed E-state index contributed by atoms with van der Waals surface area (Å²) in [5.41, 5.74) is 9.76. The minimum atomic E-state index is -0.625. The second-order valence-corrected chi connectivity index (χ2v) is 7.37. The molecule has 2 heterocycles. The van der Waals surface area contributed by atoms with Gasteiger partial charge in [-0.15, -0.1) is 5.10 Å². The van der Waals surface area contributed by atoms with Crippen LogP contribution in [0.5, 0.6) is 11.5 Å². The summed E-state index contributed by atoms with van der Waals surface area (Å²) >= 11 is 3.26. The van der Waals surface area contributed by atoms with E-state index in [0.29, 0.717) is 22.2 Å². The maximum Gasteiger partial charge on any atom is 0.292 e. The third kappa shape index (κ3) is 4.52. The topological polar surface area (TPSA) is 167 Å². The Morgan fingerprint density at radius 2 is 2.12 bits per heavy atom. The van der Waals surface area contributed by atoms with Gasteiger partial charge in [-0.25, -0.2) is 10.1 Å². The molecule has 0 aliphatic heterocycles. The molecule has 2 aromatic heterocycles. The number of aromatic nitrogens is 5. The summed E-state index contributed by atoms with van der Waals surface area (Å²) < 4.78 is 11.6. The Balaban J connectivity index is 1.66. The molecular formula is C20H17BrN8O4. The van der Waals surface area contributed by atoms with Gasteiger partial charge in [0.05, 0.1) is 17.3 Å². The fourth-order valence-electron chi connectivity index (χ4n) is 2.91. The molecule has 0 saturated heterocycles. The maximum atomic E-state index is 13.1. The molecule has 0 bridgehead atoms. The Bertz CT molecular complexity index is 1320. The number of aromatic hydroxyl groups is 1. The van der Waals surface area contributed by atoms with Gasteiger partial charge in [-0.2, -0.15) is 9.78 Å². The average molecular weight is 513 g/mol. The van der Waals surface area contributed by atoms with Crippen molar-refractivity contribution in [2.45, 2.75) is 6.92 Å². The van der Waals surface area contributed by atoms with Gasteiger partial charge in [-0.1, -0.05) is 35.5 Å². The SMILES string of the molecule is CCOc1cc(/C=N\NC(=O)c2c(-c3ccccc3)nnn2-c2nonc2N)cc(Br)c1O. The smallest absolute Gasteiger partial charge is 0.292 e. The van der Waals surface area contributed by atoms with E-state index in [9.17, 15) is 9.90 Å². The van der Waals surface area contributed by atoms with Crippen molar-refractivity contribution in [2.24, 2.45) is 5.10 Å². The maximum absolute atomic E-state index is 13.1. The van der Waals surface area contributed by atoms with Crippen LogP contribution in [0, 0.1) is 0 Å². The molecule has 0 saturated carbocycles. The zero-order valence-electron chi connectivity index (χ0n) is 17.1. The number of carbonyl (C=O) groups excluding carboxylic acids is 1. The van der Waals surface area contributed by atoms with E-state index < -0.39 is 5.91 Å². The molecule has 1 amide bonds. The number of nitrogens with zero attached hydrogens (tertiary/aromatic N) is 6. The minimum absolute atomic E-state index is 0.0163. The first kappa shape index (κ1) is 22.0. The van der Waals surface area contributed by atoms with Gasteiger partial charge in [0.2, 0.25) is 11.6 Å². The van der Waals surface area contributed by atoms with Crippen molar-refractivity contribution in [3.63, 3.8) is 0 Å². The van der Waals surface area contributed by atoms with E-state index in [-0.39, 0.29) is 34.5 Å². The van der Waals surface area contributed by atoms with Gasteiger partial charge in [0.15, 0.2) is 17.2 Å². The van der Waals surface area contributed by atoms with E-state index in [1.807, 2.05) is 6.07 Å². The molecule has 0 unspecified atom stereocenters. The first-order valence-electron chi connectivity index (χ1n) is 9.57. The molecule has 13 heteroatoms. The number of anilines is 1. The molecule has 168 valence electrons. The van der Waals surface area contributed by atoms with Gasteiger partial charge in [0, 0.05) is 5.56 Å². The van der Waals surface area contributed by atoms with Gasteiger partial charge in [0.1, 0.15) is 5.69 Å². The van der Waals surface area contributed by atoms with Gasteiger partial charge in [0.25, 0.3) is 5.91 Å². The van der Waals surface area contributed by atoms with E-state index in [0.717, 1.165) is 4.68 Å². The molecule has 0 aliphatic carbocycles. The number of rotatable bonds is 7. The van der Waals surface area contributed by atoms with Crippen molar-refractivity contribution in [2.75, 3.05) is 12.3 Å². The quantitative estimate of drug-likeness (QED) is 0.249. The van der Waals surface area contributed by atoms with Crippen molar-refractivity contribution in [1.82, 2.24) is 30.7 Å². The fraction of sp³-hybridized carbons (Fsp3) is 0.100. The number of phenols is 1. The van der Waals surface area contributed by atoms with Crippen LogP contribution in [0.2, 0.25) is 0 Å². The number of amides is 1. The number of halogens is 1. The first-order valence-corrected chi connectivity index (χ1v) is 10.4. The Morgan fingerprint density at radius 3 is 2.82 bits per heavy atom. The summed E-state index contributed by atoms with van der Waals surface area (Å²) in [6.45, 7) is 2.17. The molecule has 4 aromatic rings. The predicted molar refractivity (Wildman–Crippen MR) is 121 cm³/mol. The number of carbonyl (C=O) groups is 1. The van der Waals surface area contributed by atoms with Crippen molar-refractivity contribution in [1.29, 1.82) is 0 Å². The van der Waals surface area contributed by atoms with Crippen molar-refractivity contribution in [3.05, 3.63) is 58.2 Å². The highest BCUT2D eigenvalue weighted by atomic mass is 79.9. The average Bonchev–Trinajstić information content (AvgIpc) is 3.43. The van der Waals surface area contributed by atoms with Crippen molar-refractivity contribution < 1.29 is 19.3 Å². The highest BCUT2D eigenvalue weighted by Crippen LogP contribution is 2.35. The van der Waals surface area contributed by atoms with E-state index in [2.05, 4.69) is 51.7 Å².